The van der Waals surface area contributed by atoms with Crippen LogP contribution in [-0.2, 0) is 5.41 Å². The van der Waals surface area contributed by atoms with Crippen molar-refractivity contribution in [2.24, 2.45) is 0 Å². The lowest BCUT2D eigenvalue weighted by atomic mass is 9.69. The molecule has 0 saturated heterocycles. The van der Waals surface area contributed by atoms with Crippen molar-refractivity contribution < 1.29 is 0 Å². The SMILES string of the molecule is c1ccc(N(c2cccc(-n3c4ccccc4c4ccccc43)c2)c2ccc3c(c2)C2(c4ccccc4-3)c3cc(C4CCCC4)ccc3-c3ccc(C4CCCC4)cc32)cc1. The van der Waals surface area contributed by atoms with Gasteiger partial charge in [0.15, 0.2) is 0 Å². The zero-order valence-electron chi connectivity index (χ0n) is 34.5. The Kier molecular flexibility index (Phi) is 7.89. The summed E-state index contributed by atoms with van der Waals surface area (Å²) in [7, 11) is 0. The minimum Gasteiger partial charge on any atom is -0.310 e. The first-order chi connectivity index (χ1) is 30.3. The first-order valence-electron chi connectivity index (χ1n) is 22.7. The maximum Gasteiger partial charge on any atom is 0.0726 e. The predicted octanol–water partition coefficient (Wildman–Crippen LogP) is 15.9. The molecule has 0 unspecified atom stereocenters. The van der Waals surface area contributed by atoms with Gasteiger partial charge in [0.05, 0.1) is 16.4 Å². The van der Waals surface area contributed by atoms with Crippen molar-refractivity contribution in [3.63, 3.8) is 0 Å². The van der Waals surface area contributed by atoms with E-state index in [4.69, 9.17) is 0 Å². The molecular formula is C59H48N2. The Labute approximate surface area is 358 Å². The Hall–Kier alpha value is -6.64. The summed E-state index contributed by atoms with van der Waals surface area (Å²) in [6.07, 6.45) is 10.5. The van der Waals surface area contributed by atoms with E-state index < -0.39 is 5.41 Å². The second-order valence-corrected chi connectivity index (χ2v) is 18.2. The van der Waals surface area contributed by atoms with Crippen LogP contribution in [0.4, 0.5) is 17.1 Å². The molecule has 0 bridgehead atoms. The van der Waals surface area contributed by atoms with Crippen LogP contribution in [0.3, 0.4) is 0 Å². The van der Waals surface area contributed by atoms with Crippen LogP contribution < -0.4 is 4.90 Å². The molecule has 0 atom stereocenters. The fourth-order valence-electron chi connectivity index (χ4n) is 12.4. The summed E-state index contributed by atoms with van der Waals surface area (Å²) in [5, 5.41) is 2.55. The maximum absolute atomic E-state index is 2.66. The average molecular weight is 785 g/mol. The number of anilines is 3. The van der Waals surface area contributed by atoms with Gasteiger partial charge < -0.3 is 9.47 Å². The van der Waals surface area contributed by atoms with E-state index in [1.165, 1.54) is 134 Å². The molecule has 2 saturated carbocycles. The summed E-state index contributed by atoms with van der Waals surface area (Å²) in [4.78, 5) is 2.48. The van der Waals surface area contributed by atoms with Gasteiger partial charge in [-0.1, -0.05) is 153 Å². The fourth-order valence-corrected chi connectivity index (χ4v) is 12.4. The lowest BCUT2D eigenvalue weighted by Crippen LogP contribution is -2.26. The molecule has 0 radical (unpaired) electrons. The van der Waals surface area contributed by atoms with Gasteiger partial charge in [0.2, 0.25) is 0 Å². The lowest BCUT2D eigenvalue weighted by Gasteiger charge is -2.33. The minimum atomic E-state index is -0.414. The van der Waals surface area contributed by atoms with E-state index >= 15 is 0 Å². The van der Waals surface area contributed by atoms with Crippen molar-refractivity contribution in [2.45, 2.75) is 68.6 Å². The van der Waals surface area contributed by atoms with Crippen molar-refractivity contribution >= 4 is 38.9 Å². The van der Waals surface area contributed by atoms with Gasteiger partial charge in [0.1, 0.15) is 0 Å². The monoisotopic (exact) mass is 784 g/mol. The molecule has 4 aliphatic carbocycles. The second-order valence-electron chi connectivity index (χ2n) is 18.2. The van der Waals surface area contributed by atoms with E-state index in [-0.39, 0.29) is 0 Å². The Morgan fingerprint density at radius 2 is 0.869 bits per heavy atom. The molecule has 0 N–H and O–H groups in total. The van der Waals surface area contributed by atoms with Crippen molar-refractivity contribution in [3.05, 3.63) is 215 Å². The smallest absolute Gasteiger partial charge is 0.0726 e. The molecule has 9 aromatic rings. The van der Waals surface area contributed by atoms with Gasteiger partial charge >= 0.3 is 0 Å². The summed E-state index contributed by atoms with van der Waals surface area (Å²) < 4.78 is 2.43. The molecule has 1 spiro atoms. The van der Waals surface area contributed by atoms with E-state index in [0.717, 1.165) is 17.1 Å². The van der Waals surface area contributed by atoms with Crippen LogP contribution >= 0.6 is 0 Å². The van der Waals surface area contributed by atoms with Gasteiger partial charge in [0.25, 0.3) is 0 Å². The van der Waals surface area contributed by atoms with Crippen LogP contribution in [0.5, 0.6) is 0 Å². The quantitative estimate of drug-likeness (QED) is 0.163. The standard InChI is InChI=1S/C59H48N2/c1-2-19-43(20-3-1)60(44-21-14-22-45(37-44)61-57-27-12-9-24-51(57)52-25-10-13-28-58(52)61)46-31-34-50-47-23-8-11-26-53(47)59(56(50)38-46)54-35-41(39-15-4-5-16-39)29-32-48(54)49-33-30-42(36-55(49)59)40-17-6-7-18-40/h1-3,8-14,19-40H,4-7,15-18H2. The average Bonchev–Trinajstić information content (AvgIpc) is 4.18. The van der Waals surface area contributed by atoms with Gasteiger partial charge in [0, 0.05) is 33.5 Å². The summed E-state index contributed by atoms with van der Waals surface area (Å²) in [6, 6.07) is 69.7. The minimum absolute atomic E-state index is 0.414. The normalized spacial score (nSPS) is 16.3. The first-order valence-corrected chi connectivity index (χ1v) is 22.7. The Balaban J connectivity index is 1.05. The fraction of sp³-hybridized carbons (Fsp3) is 0.186. The Morgan fingerprint density at radius 3 is 1.51 bits per heavy atom. The number of para-hydroxylation sites is 3. The molecule has 294 valence electrons. The molecule has 2 nitrogen and oxygen atoms in total. The van der Waals surface area contributed by atoms with E-state index in [9.17, 15) is 0 Å². The second kappa shape index (κ2) is 13.7. The highest BCUT2D eigenvalue weighted by atomic mass is 15.1. The van der Waals surface area contributed by atoms with E-state index in [2.05, 4.69) is 191 Å². The molecule has 0 amide bonds. The number of fused-ring (bicyclic) bond motifs is 13. The molecule has 1 heterocycles. The third kappa shape index (κ3) is 5.15. The van der Waals surface area contributed by atoms with E-state index in [1.807, 2.05) is 0 Å². The summed E-state index contributed by atoms with van der Waals surface area (Å²) in [5.41, 5.74) is 21.0. The van der Waals surface area contributed by atoms with Gasteiger partial charge in [-0.2, -0.15) is 0 Å². The van der Waals surface area contributed by atoms with Crippen molar-refractivity contribution in [1.29, 1.82) is 0 Å². The van der Waals surface area contributed by atoms with Crippen molar-refractivity contribution in [3.8, 4) is 27.9 Å². The van der Waals surface area contributed by atoms with E-state index in [1.54, 1.807) is 0 Å². The number of nitrogens with zero attached hydrogens (tertiary/aromatic N) is 2. The van der Waals surface area contributed by atoms with Crippen LogP contribution in [0.25, 0.3) is 49.7 Å². The predicted molar refractivity (Wildman–Crippen MR) is 254 cm³/mol. The summed E-state index contributed by atoms with van der Waals surface area (Å²) in [6.45, 7) is 0. The van der Waals surface area contributed by atoms with Crippen molar-refractivity contribution in [1.82, 2.24) is 4.57 Å². The molecule has 13 rings (SSSR count). The molecule has 0 aliphatic heterocycles. The first kappa shape index (κ1) is 35.1. The zero-order chi connectivity index (χ0) is 40.1. The number of hydrogen-bond acceptors (Lipinski definition) is 1. The molecule has 4 aliphatic rings. The number of aromatic nitrogens is 1. The molecule has 2 fully saturated rings. The highest BCUT2D eigenvalue weighted by molar-refractivity contribution is 6.09. The Morgan fingerprint density at radius 1 is 0.377 bits per heavy atom. The van der Waals surface area contributed by atoms with Gasteiger partial charge in [-0.15, -0.1) is 0 Å². The topological polar surface area (TPSA) is 8.17 Å². The Bertz CT molecular complexity index is 3060. The highest BCUT2D eigenvalue weighted by Gasteiger charge is 2.52. The third-order valence-corrected chi connectivity index (χ3v) is 15.1. The zero-order valence-corrected chi connectivity index (χ0v) is 34.5. The molecule has 1 aromatic heterocycles. The van der Waals surface area contributed by atoms with Crippen molar-refractivity contribution in [2.75, 3.05) is 4.90 Å². The van der Waals surface area contributed by atoms with Gasteiger partial charge in [-0.25, -0.2) is 0 Å². The van der Waals surface area contributed by atoms with Crippen LogP contribution in [0, 0.1) is 0 Å². The summed E-state index contributed by atoms with van der Waals surface area (Å²) in [5.74, 6) is 1.27. The van der Waals surface area contributed by atoms with Crippen LogP contribution in [0.1, 0.15) is 96.6 Å². The number of benzene rings is 8. The van der Waals surface area contributed by atoms with Gasteiger partial charge in [-0.3, -0.25) is 0 Å². The molecule has 8 aromatic carbocycles. The highest BCUT2D eigenvalue weighted by Crippen LogP contribution is 2.64. The van der Waals surface area contributed by atoms with Crippen LogP contribution in [0.2, 0.25) is 0 Å². The molecule has 61 heavy (non-hydrogen) atoms. The molecule has 2 heteroatoms. The number of hydrogen-bond donors (Lipinski definition) is 0. The maximum atomic E-state index is 2.66. The van der Waals surface area contributed by atoms with Crippen LogP contribution in [0.15, 0.2) is 182 Å². The number of rotatable bonds is 6. The largest absolute Gasteiger partial charge is 0.310 e. The van der Waals surface area contributed by atoms with Gasteiger partial charge in [-0.05, 0) is 148 Å². The van der Waals surface area contributed by atoms with E-state index in [0.29, 0.717) is 11.8 Å². The third-order valence-electron chi connectivity index (χ3n) is 15.1. The molecular weight excluding hydrogens is 737 g/mol. The van der Waals surface area contributed by atoms with Crippen LogP contribution in [-0.4, -0.2) is 4.57 Å². The lowest BCUT2D eigenvalue weighted by molar-refractivity contribution is 0.710. The summed E-state index contributed by atoms with van der Waals surface area (Å²) >= 11 is 0.